The van der Waals surface area contributed by atoms with Crippen molar-refractivity contribution in [3.63, 3.8) is 0 Å². The van der Waals surface area contributed by atoms with E-state index in [0.29, 0.717) is 0 Å². The fraction of sp³-hybridized carbons (Fsp3) is 0.500. The summed E-state index contributed by atoms with van der Waals surface area (Å²) in [5.41, 5.74) is 0. The zero-order valence-electron chi connectivity index (χ0n) is 8.81. The molecule has 0 aromatic carbocycles. The second-order valence-corrected chi connectivity index (χ2v) is 3.17. The van der Waals surface area contributed by atoms with E-state index in [-0.39, 0.29) is 59.1 Å². The molecule has 17 heavy (non-hydrogen) atoms. The number of carboxylic acids is 1. The topological polar surface area (TPSA) is 141 Å². The van der Waals surface area contributed by atoms with Gasteiger partial charge in [-0.05, 0) is 0 Å². The molecule has 0 saturated heterocycles. The standard InChI is InChI=1S/C4H4O9S2.2Na/c5-3(6)1-2(12-14(8)9)4(7)13-15(10)11;;/h2H,1H2,(H,5,6);;/q-2;2*+1. The van der Waals surface area contributed by atoms with Gasteiger partial charge in [0.15, 0.2) is 0 Å². The maximum Gasteiger partial charge on any atom is 1.00 e. The summed E-state index contributed by atoms with van der Waals surface area (Å²) < 4.78 is 47.1. The Hall–Kier alpha value is 0.800. The zero-order valence-corrected chi connectivity index (χ0v) is 14.4. The molecule has 0 aliphatic rings. The Bertz CT molecular complexity index is 384. The Morgan fingerprint density at radius 3 is 1.82 bits per heavy atom. The van der Waals surface area contributed by atoms with Crippen LogP contribution in [0.1, 0.15) is 6.42 Å². The Balaban J connectivity index is -0.000000980. The molecule has 1 atom stereocenters. The van der Waals surface area contributed by atoms with E-state index in [1.807, 2.05) is 0 Å². The number of aliphatic carboxylic acids is 1. The van der Waals surface area contributed by atoms with Gasteiger partial charge in [-0.25, -0.2) is 0 Å². The van der Waals surface area contributed by atoms with Crippen molar-refractivity contribution in [3.05, 3.63) is 0 Å². The number of carboxylic acid groups (broad SMARTS) is 1. The van der Waals surface area contributed by atoms with Crippen molar-refractivity contribution >= 4 is 33.9 Å². The first-order valence-corrected chi connectivity index (χ1v) is 5.12. The Labute approximate surface area is 144 Å². The van der Waals surface area contributed by atoms with Gasteiger partial charge in [0.25, 0.3) is 0 Å². The van der Waals surface area contributed by atoms with Crippen molar-refractivity contribution in [1.29, 1.82) is 0 Å². The first-order chi connectivity index (χ1) is 6.82. The molecule has 0 aromatic heterocycles. The van der Waals surface area contributed by atoms with E-state index in [0.717, 1.165) is 0 Å². The van der Waals surface area contributed by atoms with Crippen molar-refractivity contribution in [1.82, 2.24) is 0 Å². The van der Waals surface area contributed by atoms with Gasteiger partial charge in [0.05, 0.1) is 17.4 Å². The molecule has 0 spiro atoms. The Morgan fingerprint density at radius 2 is 1.53 bits per heavy atom. The van der Waals surface area contributed by atoms with Crippen LogP contribution in [0.4, 0.5) is 0 Å². The van der Waals surface area contributed by atoms with E-state index in [4.69, 9.17) is 5.11 Å². The molecule has 0 aromatic rings. The minimum atomic E-state index is -3.22. The van der Waals surface area contributed by atoms with Crippen molar-refractivity contribution in [3.8, 4) is 0 Å². The second kappa shape index (κ2) is 11.9. The van der Waals surface area contributed by atoms with Gasteiger partial charge in [0.2, 0.25) is 0 Å². The van der Waals surface area contributed by atoms with Crippen molar-refractivity contribution in [2.24, 2.45) is 0 Å². The second-order valence-electron chi connectivity index (χ2n) is 1.99. The van der Waals surface area contributed by atoms with Crippen molar-refractivity contribution < 1.29 is 99.0 Å². The number of hydrogen-bond donors (Lipinski definition) is 1. The van der Waals surface area contributed by atoms with Crippen LogP contribution in [0.25, 0.3) is 0 Å². The molecular weight excluding hydrogens is 302 g/mol. The average Bonchev–Trinajstić information content (AvgIpc) is 1.99. The molecule has 0 bridgehead atoms. The summed E-state index contributed by atoms with van der Waals surface area (Å²) in [6.07, 6.45) is -3.07. The monoisotopic (exact) mass is 306 g/mol. The molecule has 0 aliphatic carbocycles. The fourth-order valence-electron chi connectivity index (χ4n) is 0.531. The van der Waals surface area contributed by atoms with Crippen LogP contribution in [-0.4, -0.2) is 23.1 Å². The first-order valence-electron chi connectivity index (χ1n) is 3.12. The average molecular weight is 306 g/mol. The fourth-order valence-corrected chi connectivity index (χ4v) is 1.11. The maximum absolute atomic E-state index is 10.7. The van der Waals surface area contributed by atoms with Crippen LogP contribution >= 0.6 is 0 Å². The van der Waals surface area contributed by atoms with Gasteiger partial charge in [-0.15, -0.1) is 0 Å². The minimum absolute atomic E-state index is 0. The van der Waals surface area contributed by atoms with Crippen LogP contribution in [-0.2, 0) is 56.8 Å². The predicted octanol–water partition coefficient (Wildman–Crippen LogP) is -7.15. The Morgan fingerprint density at radius 1 is 1.06 bits per heavy atom. The molecule has 0 heterocycles. The Kier molecular flexibility index (Phi) is 16.0. The van der Waals surface area contributed by atoms with E-state index in [1.54, 1.807) is 0 Å². The normalized spacial score (nSPS) is 11.2. The van der Waals surface area contributed by atoms with Crippen molar-refractivity contribution in [2.45, 2.75) is 12.5 Å². The van der Waals surface area contributed by atoms with E-state index in [1.165, 1.54) is 0 Å². The zero-order chi connectivity index (χ0) is 12.0. The summed E-state index contributed by atoms with van der Waals surface area (Å²) in [5, 5.41) is 8.24. The van der Waals surface area contributed by atoms with Gasteiger partial charge in [-0.3, -0.25) is 9.59 Å². The maximum atomic E-state index is 10.7. The summed E-state index contributed by atoms with van der Waals surface area (Å²) >= 11 is 0. The van der Waals surface area contributed by atoms with Crippen LogP contribution in [0, 0.1) is 0 Å². The van der Waals surface area contributed by atoms with E-state index in [2.05, 4.69) is 8.37 Å². The quantitative estimate of drug-likeness (QED) is 0.374. The van der Waals surface area contributed by atoms with Gasteiger partial charge in [0, 0.05) is 0 Å². The number of rotatable bonds is 6. The van der Waals surface area contributed by atoms with Gasteiger partial charge >= 0.3 is 71.1 Å². The largest absolute Gasteiger partial charge is 1.00 e. The number of carbonyl (C=O) groups is 2. The molecule has 88 valence electrons. The van der Waals surface area contributed by atoms with Crippen LogP contribution < -0.4 is 59.1 Å². The van der Waals surface area contributed by atoms with E-state index in [9.17, 15) is 26.4 Å². The minimum Gasteiger partial charge on any atom is -0.504 e. The third-order valence-corrected chi connectivity index (χ3v) is 1.66. The van der Waals surface area contributed by atoms with Gasteiger partial charge in [-0.1, -0.05) is 0 Å². The van der Waals surface area contributed by atoms with E-state index >= 15 is 0 Å². The van der Waals surface area contributed by atoms with Crippen LogP contribution in [0.15, 0.2) is 0 Å². The van der Waals surface area contributed by atoms with Crippen molar-refractivity contribution in [2.75, 3.05) is 0 Å². The SMILES string of the molecule is O=C(O)CC(O[S-](=O)=O)C(=O)O[S-](=O)=O.[Na+].[Na+]. The number of carbonyl (C=O) groups excluding carboxylic acids is 1. The molecule has 1 N–H and O–H groups in total. The molecule has 1 unspecified atom stereocenters. The van der Waals surface area contributed by atoms with Gasteiger partial charge < -0.3 is 30.3 Å². The molecule has 9 nitrogen and oxygen atoms in total. The molecular formula is C4H4Na2O9S2. The molecule has 0 fully saturated rings. The predicted molar refractivity (Wildman–Crippen MR) is 40.7 cm³/mol. The summed E-state index contributed by atoms with van der Waals surface area (Å²) in [7, 11) is -6.38. The summed E-state index contributed by atoms with van der Waals surface area (Å²) in [6, 6.07) is 0. The first kappa shape index (κ1) is 22.9. The molecule has 0 aliphatic heterocycles. The molecule has 0 rings (SSSR count). The van der Waals surface area contributed by atoms with Gasteiger partial charge in [-0.2, -0.15) is 0 Å². The van der Waals surface area contributed by atoms with Crippen LogP contribution in [0.2, 0.25) is 0 Å². The van der Waals surface area contributed by atoms with Gasteiger partial charge in [0.1, 0.15) is 17.1 Å². The van der Waals surface area contributed by atoms with Crippen LogP contribution in [0.3, 0.4) is 0 Å². The summed E-state index contributed by atoms with van der Waals surface area (Å²) in [4.78, 5) is 20.9. The summed E-state index contributed by atoms with van der Waals surface area (Å²) in [6.45, 7) is 0. The summed E-state index contributed by atoms with van der Waals surface area (Å²) in [5.74, 6) is -3.19. The molecule has 13 heteroatoms. The van der Waals surface area contributed by atoms with Crippen LogP contribution in [0.5, 0.6) is 0 Å². The molecule has 0 amide bonds. The smallest absolute Gasteiger partial charge is 0.504 e. The molecule has 0 radical (unpaired) electrons. The third kappa shape index (κ3) is 13.0. The number of hydrogen-bond acceptors (Lipinski definition) is 10. The third-order valence-electron chi connectivity index (χ3n) is 0.968. The molecule has 0 saturated carbocycles. The van der Waals surface area contributed by atoms with E-state index < -0.39 is 46.4 Å².